The lowest BCUT2D eigenvalue weighted by Crippen LogP contribution is -2.59. The van der Waals surface area contributed by atoms with Crippen LogP contribution in [0.3, 0.4) is 0 Å². The van der Waals surface area contributed by atoms with E-state index in [0.717, 1.165) is 30.4 Å². The molecule has 1 amide bonds. The Hall–Kier alpha value is -2.67. The van der Waals surface area contributed by atoms with Crippen molar-refractivity contribution >= 4 is 11.7 Å². The molecule has 0 spiro atoms. The number of fused-ring (bicyclic) bond motifs is 1. The summed E-state index contributed by atoms with van der Waals surface area (Å²) in [6, 6.07) is 6.04. The third-order valence-corrected chi connectivity index (χ3v) is 4.61. The van der Waals surface area contributed by atoms with Gasteiger partial charge in [-0.25, -0.2) is 4.98 Å². The molecule has 4 heteroatoms. The first kappa shape index (κ1) is 13.0. The minimum absolute atomic E-state index is 0.167. The molecule has 0 N–H and O–H groups in total. The van der Waals surface area contributed by atoms with E-state index in [1.165, 1.54) is 0 Å². The van der Waals surface area contributed by atoms with Crippen molar-refractivity contribution in [3.05, 3.63) is 42.4 Å². The van der Waals surface area contributed by atoms with E-state index in [4.69, 9.17) is 6.42 Å². The van der Waals surface area contributed by atoms with E-state index in [-0.39, 0.29) is 17.9 Å². The van der Waals surface area contributed by atoms with E-state index in [2.05, 4.69) is 15.9 Å². The monoisotopic (exact) mass is 289 g/mol. The van der Waals surface area contributed by atoms with E-state index in [9.17, 15) is 4.79 Å². The minimum Gasteiger partial charge on any atom is -0.292 e. The Labute approximate surface area is 129 Å². The Morgan fingerprint density at radius 2 is 2.18 bits per heavy atom. The van der Waals surface area contributed by atoms with E-state index >= 15 is 0 Å². The fraction of sp³-hybridized carbons (Fsp3) is 0.278. The Morgan fingerprint density at radius 1 is 1.27 bits per heavy atom. The van der Waals surface area contributed by atoms with Gasteiger partial charge in [-0.2, -0.15) is 0 Å². The maximum absolute atomic E-state index is 12.3. The van der Waals surface area contributed by atoms with E-state index in [0.29, 0.717) is 11.4 Å². The van der Waals surface area contributed by atoms with Crippen LogP contribution < -0.4 is 4.90 Å². The summed E-state index contributed by atoms with van der Waals surface area (Å²) in [6.45, 7) is 0. The quantitative estimate of drug-likeness (QED) is 0.630. The van der Waals surface area contributed by atoms with Gasteiger partial charge in [0.05, 0.1) is 17.5 Å². The van der Waals surface area contributed by atoms with Crippen molar-refractivity contribution in [1.29, 1.82) is 0 Å². The third-order valence-electron chi connectivity index (χ3n) is 4.61. The Morgan fingerprint density at radius 3 is 2.95 bits per heavy atom. The smallest absolute Gasteiger partial charge is 0.233 e. The highest BCUT2D eigenvalue weighted by Gasteiger charge is 2.51. The average Bonchev–Trinajstić information content (AvgIpc) is 3.00. The van der Waals surface area contributed by atoms with Crippen molar-refractivity contribution in [3.63, 3.8) is 0 Å². The van der Waals surface area contributed by atoms with Crippen molar-refractivity contribution in [1.82, 2.24) is 9.97 Å². The second-order valence-corrected chi connectivity index (χ2v) is 5.79. The van der Waals surface area contributed by atoms with Gasteiger partial charge in [-0.1, -0.05) is 18.4 Å². The molecule has 1 saturated heterocycles. The van der Waals surface area contributed by atoms with Crippen molar-refractivity contribution in [2.75, 3.05) is 4.90 Å². The molecule has 1 saturated carbocycles. The molecule has 2 aromatic rings. The molecule has 108 valence electrons. The summed E-state index contributed by atoms with van der Waals surface area (Å²) in [5, 5.41) is 0. The highest BCUT2D eigenvalue weighted by Crippen LogP contribution is 2.43. The van der Waals surface area contributed by atoms with Gasteiger partial charge in [-0.15, -0.1) is 6.42 Å². The Balaban J connectivity index is 1.73. The number of nitrogens with zero attached hydrogens (tertiary/aromatic N) is 3. The maximum Gasteiger partial charge on any atom is 0.233 e. The Bertz CT molecular complexity index is 779. The molecular formula is C18H15N3O. The second-order valence-electron chi connectivity index (χ2n) is 5.79. The molecule has 3 heterocycles. The number of hydrogen-bond acceptors (Lipinski definition) is 3. The topological polar surface area (TPSA) is 46.1 Å². The molecule has 4 nitrogen and oxygen atoms in total. The summed E-state index contributed by atoms with van der Waals surface area (Å²) >= 11 is 0. The zero-order chi connectivity index (χ0) is 15.1. The first-order valence-electron chi connectivity index (χ1n) is 7.49. The molecule has 2 aliphatic rings. The lowest BCUT2D eigenvalue weighted by molar-refractivity contribution is -0.129. The first-order valence-corrected chi connectivity index (χ1v) is 7.49. The van der Waals surface area contributed by atoms with E-state index < -0.39 is 0 Å². The summed E-state index contributed by atoms with van der Waals surface area (Å²) < 4.78 is 0. The molecule has 4 rings (SSSR count). The molecule has 2 fully saturated rings. The largest absolute Gasteiger partial charge is 0.292 e. The van der Waals surface area contributed by atoms with Crippen LogP contribution in [0.15, 0.2) is 36.8 Å². The second kappa shape index (κ2) is 4.96. The summed E-state index contributed by atoms with van der Waals surface area (Å²) in [7, 11) is 0. The fourth-order valence-corrected chi connectivity index (χ4v) is 3.51. The van der Waals surface area contributed by atoms with Gasteiger partial charge in [0.1, 0.15) is 0 Å². The van der Waals surface area contributed by atoms with Crippen LogP contribution in [-0.2, 0) is 4.79 Å². The number of carbonyl (C=O) groups is 1. The van der Waals surface area contributed by atoms with E-state index in [1.807, 2.05) is 18.2 Å². The predicted octanol–water partition coefficient (Wildman–Crippen LogP) is 2.64. The van der Waals surface area contributed by atoms with Gasteiger partial charge < -0.3 is 0 Å². The molecule has 0 bridgehead atoms. The molecule has 1 aliphatic heterocycles. The molecule has 0 radical (unpaired) electrons. The van der Waals surface area contributed by atoms with Crippen LogP contribution in [0.25, 0.3) is 11.1 Å². The van der Waals surface area contributed by atoms with Crippen LogP contribution in [0.2, 0.25) is 0 Å². The summed E-state index contributed by atoms with van der Waals surface area (Å²) in [5.41, 5.74) is 2.55. The average molecular weight is 289 g/mol. The molecular weight excluding hydrogens is 274 g/mol. The van der Waals surface area contributed by atoms with Crippen molar-refractivity contribution < 1.29 is 4.79 Å². The summed E-state index contributed by atoms with van der Waals surface area (Å²) in [4.78, 5) is 22.7. The number of aromatic nitrogens is 2. The minimum atomic E-state index is 0.167. The standard InChI is InChI=1S/C18H15N3O/c1-2-12-9-14(13-5-4-8-19-10-13)11-20-17(12)21-16-7-3-6-15(16)18(21)22/h1,4-5,8-11,15-16H,3,6-7H2. The molecule has 2 unspecified atom stereocenters. The van der Waals surface area contributed by atoms with Gasteiger partial charge in [0.25, 0.3) is 0 Å². The number of rotatable bonds is 2. The van der Waals surface area contributed by atoms with E-state index in [1.54, 1.807) is 23.5 Å². The van der Waals surface area contributed by atoms with Gasteiger partial charge in [0, 0.05) is 29.7 Å². The lowest BCUT2D eigenvalue weighted by Gasteiger charge is -2.43. The first-order chi connectivity index (χ1) is 10.8. The van der Waals surface area contributed by atoms with Crippen molar-refractivity contribution in [2.24, 2.45) is 5.92 Å². The van der Waals surface area contributed by atoms with Crippen molar-refractivity contribution in [2.45, 2.75) is 25.3 Å². The van der Waals surface area contributed by atoms with Gasteiger partial charge in [0.15, 0.2) is 5.82 Å². The Kier molecular flexibility index (Phi) is 2.93. The highest BCUT2D eigenvalue weighted by molar-refractivity contribution is 6.03. The van der Waals surface area contributed by atoms with Crippen LogP contribution in [0.4, 0.5) is 5.82 Å². The normalized spacial score (nSPS) is 22.9. The zero-order valence-corrected chi connectivity index (χ0v) is 12.1. The van der Waals surface area contributed by atoms with Gasteiger partial charge in [0.2, 0.25) is 5.91 Å². The third kappa shape index (κ3) is 1.82. The zero-order valence-electron chi connectivity index (χ0n) is 12.1. The molecule has 1 aliphatic carbocycles. The number of carbonyl (C=O) groups excluding carboxylic acids is 1. The van der Waals surface area contributed by atoms with Crippen LogP contribution in [-0.4, -0.2) is 21.9 Å². The molecule has 2 aromatic heterocycles. The number of amides is 1. The molecule has 2 atom stereocenters. The van der Waals surface area contributed by atoms with Crippen molar-refractivity contribution in [3.8, 4) is 23.5 Å². The SMILES string of the molecule is C#Cc1cc(-c2cccnc2)cnc1N1C(=O)C2CCCC21. The number of hydrogen-bond donors (Lipinski definition) is 0. The van der Waals surface area contributed by atoms with Crippen LogP contribution in [0.1, 0.15) is 24.8 Å². The van der Waals surface area contributed by atoms with Gasteiger partial charge in [-0.3, -0.25) is 14.7 Å². The van der Waals surface area contributed by atoms with Crippen LogP contribution in [0.5, 0.6) is 0 Å². The van der Waals surface area contributed by atoms with Gasteiger partial charge in [-0.05, 0) is 25.0 Å². The number of pyridine rings is 2. The highest BCUT2D eigenvalue weighted by atomic mass is 16.2. The van der Waals surface area contributed by atoms with Crippen LogP contribution in [0, 0.1) is 18.3 Å². The van der Waals surface area contributed by atoms with Crippen LogP contribution >= 0.6 is 0 Å². The lowest BCUT2D eigenvalue weighted by atomic mass is 9.90. The number of anilines is 1. The molecule has 0 aromatic carbocycles. The summed E-state index contributed by atoms with van der Waals surface area (Å²) in [6.07, 6.45) is 14.1. The number of β-lactam (4-membered cyclic amide) rings is 1. The maximum atomic E-state index is 12.3. The fourth-order valence-electron chi connectivity index (χ4n) is 3.51. The molecule has 22 heavy (non-hydrogen) atoms. The summed E-state index contributed by atoms with van der Waals surface area (Å²) in [5.74, 6) is 3.66. The van der Waals surface area contributed by atoms with Gasteiger partial charge >= 0.3 is 0 Å². The number of terminal acetylenes is 1. The predicted molar refractivity (Wildman–Crippen MR) is 84.0 cm³/mol.